The standard InChI is InChI=1S/C24H22F2N4O3/c1-15-13-29(14-27-15)20-7-4-16(10-21(20)31-3)11-22-23-28-33-24(2,30(23)8-9-32-22)17-5-6-18(25)19(26)12-17/h4-7,10-14H,8-9H2,1-3H3/b22-11+. The lowest BCUT2D eigenvalue weighted by molar-refractivity contribution is -0.0969. The first kappa shape index (κ1) is 21.0. The largest absolute Gasteiger partial charge is 0.495 e. The van der Waals surface area contributed by atoms with Gasteiger partial charge in [0.15, 0.2) is 17.4 Å². The Bertz CT molecular complexity index is 1290. The van der Waals surface area contributed by atoms with Crippen LogP contribution in [-0.4, -0.2) is 40.5 Å². The van der Waals surface area contributed by atoms with Gasteiger partial charge in [-0.2, -0.15) is 0 Å². The SMILES string of the molecule is COc1cc(/C=C2/OCCN3C2=NOC3(C)c2ccc(F)c(F)c2)ccc1-n1cnc(C)c1. The lowest BCUT2D eigenvalue weighted by Crippen LogP contribution is -2.49. The second kappa shape index (κ2) is 7.91. The van der Waals surface area contributed by atoms with Crippen molar-refractivity contribution in [2.45, 2.75) is 19.6 Å². The number of aryl methyl sites for hydroxylation is 1. The van der Waals surface area contributed by atoms with Crippen molar-refractivity contribution in [3.8, 4) is 11.4 Å². The second-order valence-corrected chi connectivity index (χ2v) is 7.98. The smallest absolute Gasteiger partial charge is 0.234 e. The van der Waals surface area contributed by atoms with Crippen molar-refractivity contribution in [2.75, 3.05) is 20.3 Å². The molecule has 170 valence electrons. The monoisotopic (exact) mass is 452 g/mol. The number of morpholine rings is 1. The van der Waals surface area contributed by atoms with Gasteiger partial charge in [-0.3, -0.25) is 0 Å². The molecule has 0 bridgehead atoms. The van der Waals surface area contributed by atoms with Gasteiger partial charge in [-0.25, -0.2) is 13.8 Å². The molecule has 1 unspecified atom stereocenters. The number of nitrogens with zero attached hydrogens (tertiary/aromatic N) is 4. The van der Waals surface area contributed by atoms with Crippen LogP contribution in [0.15, 0.2) is 59.8 Å². The number of methoxy groups -OCH3 is 1. The van der Waals surface area contributed by atoms with Gasteiger partial charge in [-0.05, 0) is 48.9 Å². The van der Waals surface area contributed by atoms with Gasteiger partial charge in [0.2, 0.25) is 11.6 Å². The summed E-state index contributed by atoms with van der Waals surface area (Å²) in [6, 6.07) is 9.48. The van der Waals surface area contributed by atoms with E-state index in [9.17, 15) is 8.78 Å². The summed E-state index contributed by atoms with van der Waals surface area (Å²) in [6.45, 7) is 4.56. The van der Waals surface area contributed by atoms with Gasteiger partial charge in [0.25, 0.3) is 0 Å². The summed E-state index contributed by atoms with van der Waals surface area (Å²) in [5.41, 5.74) is 1.99. The summed E-state index contributed by atoms with van der Waals surface area (Å²) in [5, 5.41) is 4.22. The highest BCUT2D eigenvalue weighted by Gasteiger charge is 2.47. The van der Waals surface area contributed by atoms with Crippen LogP contribution in [0, 0.1) is 18.6 Å². The number of imidazole rings is 1. The van der Waals surface area contributed by atoms with Crippen LogP contribution in [-0.2, 0) is 15.3 Å². The van der Waals surface area contributed by atoms with Crippen LogP contribution in [0.25, 0.3) is 11.8 Å². The van der Waals surface area contributed by atoms with Crippen molar-refractivity contribution in [3.63, 3.8) is 0 Å². The van der Waals surface area contributed by atoms with Gasteiger partial charge in [0.05, 0.1) is 31.4 Å². The molecule has 0 saturated carbocycles. The Morgan fingerprint density at radius 2 is 2.00 bits per heavy atom. The molecule has 9 heteroatoms. The molecule has 0 aliphatic carbocycles. The van der Waals surface area contributed by atoms with Crippen molar-refractivity contribution in [3.05, 3.63) is 83.1 Å². The molecule has 0 N–H and O–H groups in total. The summed E-state index contributed by atoms with van der Waals surface area (Å²) in [5.74, 6) is -0.171. The number of amidine groups is 1. The normalized spacial score (nSPS) is 20.8. The van der Waals surface area contributed by atoms with Crippen LogP contribution < -0.4 is 4.74 Å². The first-order valence-corrected chi connectivity index (χ1v) is 10.4. The molecule has 1 fully saturated rings. The van der Waals surface area contributed by atoms with Crippen LogP contribution >= 0.6 is 0 Å². The summed E-state index contributed by atoms with van der Waals surface area (Å²) in [4.78, 5) is 11.9. The van der Waals surface area contributed by atoms with Gasteiger partial charge in [-0.1, -0.05) is 11.2 Å². The summed E-state index contributed by atoms with van der Waals surface area (Å²) < 4.78 is 40.7. The number of halogens is 2. The van der Waals surface area contributed by atoms with Crippen LogP contribution in [0.3, 0.4) is 0 Å². The fourth-order valence-corrected chi connectivity index (χ4v) is 4.04. The second-order valence-electron chi connectivity index (χ2n) is 7.98. The Balaban J connectivity index is 1.46. The Morgan fingerprint density at radius 1 is 1.15 bits per heavy atom. The van der Waals surface area contributed by atoms with Gasteiger partial charge >= 0.3 is 0 Å². The van der Waals surface area contributed by atoms with Gasteiger partial charge in [0.1, 0.15) is 12.4 Å². The lowest BCUT2D eigenvalue weighted by Gasteiger charge is -2.37. The number of oxime groups is 1. The molecule has 1 aromatic heterocycles. The Kier molecular flexibility index (Phi) is 5.03. The van der Waals surface area contributed by atoms with E-state index in [1.807, 2.05) is 46.9 Å². The Labute approximate surface area is 189 Å². The molecule has 1 atom stereocenters. The predicted molar refractivity (Wildman–Crippen MR) is 118 cm³/mol. The van der Waals surface area contributed by atoms with E-state index in [4.69, 9.17) is 14.3 Å². The molecule has 33 heavy (non-hydrogen) atoms. The lowest BCUT2D eigenvalue weighted by atomic mass is 10.0. The fourth-order valence-electron chi connectivity index (χ4n) is 4.04. The zero-order valence-electron chi connectivity index (χ0n) is 18.4. The molecule has 3 aromatic rings. The topological polar surface area (TPSA) is 61.1 Å². The molecule has 2 aliphatic heterocycles. The summed E-state index contributed by atoms with van der Waals surface area (Å²) in [7, 11) is 1.61. The number of fused-ring (bicyclic) bond motifs is 1. The Morgan fingerprint density at radius 3 is 2.73 bits per heavy atom. The van der Waals surface area contributed by atoms with Crippen LogP contribution in [0.4, 0.5) is 8.78 Å². The first-order valence-electron chi connectivity index (χ1n) is 10.4. The average molecular weight is 452 g/mol. The van der Waals surface area contributed by atoms with Crippen molar-refractivity contribution >= 4 is 11.9 Å². The number of ether oxygens (including phenoxy) is 2. The maximum atomic E-state index is 13.9. The number of benzene rings is 2. The van der Waals surface area contributed by atoms with E-state index in [-0.39, 0.29) is 0 Å². The van der Waals surface area contributed by atoms with Crippen LogP contribution in [0.1, 0.15) is 23.7 Å². The molecule has 7 nitrogen and oxygen atoms in total. The molecule has 5 rings (SSSR count). The third-order valence-electron chi connectivity index (χ3n) is 5.82. The third kappa shape index (κ3) is 3.59. The summed E-state index contributed by atoms with van der Waals surface area (Å²) >= 11 is 0. The molecule has 2 aromatic carbocycles. The molecule has 2 aliphatic rings. The highest BCUT2D eigenvalue weighted by molar-refractivity contribution is 6.01. The fraction of sp³-hybridized carbons (Fsp3) is 0.250. The van der Waals surface area contributed by atoms with E-state index in [0.29, 0.717) is 36.1 Å². The maximum Gasteiger partial charge on any atom is 0.234 e. The molecule has 0 amide bonds. The highest BCUT2D eigenvalue weighted by atomic mass is 19.2. The number of hydrogen-bond acceptors (Lipinski definition) is 6. The molecule has 0 radical (unpaired) electrons. The zero-order chi connectivity index (χ0) is 23.2. The van der Waals surface area contributed by atoms with Crippen molar-refractivity contribution in [1.82, 2.24) is 14.5 Å². The predicted octanol–water partition coefficient (Wildman–Crippen LogP) is 4.36. The minimum atomic E-state index is -1.08. The van der Waals surface area contributed by atoms with E-state index < -0.39 is 17.4 Å². The number of rotatable bonds is 4. The highest BCUT2D eigenvalue weighted by Crippen LogP contribution is 2.39. The van der Waals surface area contributed by atoms with Crippen molar-refractivity contribution in [2.24, 2.45) is 5.16 Å². The minimum absolute atomic E-state index is 0.386. The van der Waals surface area contributed by atoms with E-state index in [2.05, 4.69) is 10.1 Å². The van der Waals surface area contributed by atoms with Crippen molar-refractivity contribution < 1.29 is 23.1 Å². The zero-order valence-corrected chi connectivity index (χ0v) is 18.4. The molecular formula is C24H22F2N4O3. The number of hydrogen-bond donors (Lipinski definition) is 0. The van der Waals surface area contributed by atoms with Crippen molar-refractivity contribution in [1.29, 1.82) is 0 Å². The van der Waals surface area contributed by atoms with Crippen LogP contribution in [0.5, 0.6) is 5.75 Å². The molecular weight excluding hydrogens is 430 g/mol. The van der Waals surface area contributed by atoms with E-state index >= 15 is 0 Å². The Hall–Kier alpha value is -3.88. The minimum Gasteiger partial charge on any atom is -0.495 e. The van der Waals surface area contributed by atoms with Gasteiger partial charge in [-0.15, -0.1) is 0 Å². The number of aromatic nitrogens is 2. The third-order valence-corrected chi connectivity index (χ3v) is 5.82. The van der Waals surface area contributed by atoms with Crippen LogP contribution in [0.2, 0.25) is 0 Å². The average Bonchev–Trinajstić information content (AvgIpc) is 3.40. The van der Waals surface area contributed by atoms with Gasteiger partial charge < -0.3 is 23.8 Å². The molecule has 3 heterocycles. The van der Waals surface area contributed by atoms with E-state index in [1.165, 1.54) is 6.07 Å². The molecule has 1 saturated heterocycles. The van der Waals surface area contributed by atoms with Gasteiger partial charge in [0, 0.05) is 18.7 Å². The molecule has 0 spiro atoms. The summed E-state index contributed by atoms with van der Waals surface area (Å²) in [6.07, 6.45) is 5.50. The maximum absolute atomic E-state index is 13.9. The van der Waals surface area contributed by atoms with E-state index in [1.54, 1.807) is 20.4 Å². The van der Waals surface area contributed by atoms with E-state index in [0.717, 1.165) is 29.1 Å². The first-order chi connectivity index (χ1) is 15.9. The quantitative estimate of drug-likeness (QED) is 0.589.